The van der Waals surface area contributed by atoms with Crippen molar-refractivity contribution in [3.05, 3.63) is 33.9 Å². The number of nitro groups is 1. The molecule has 0 spiro atoms. The number of unbranched alkanes of at least 4 members (excludes halogenated alkanes) is 1. The molecule has 1 aromatic carbocycles. The van der Waals surface area contributed by atoms with E-state index in [0.717, 1.165) is 32.5 Å². The summed E-state index contributed by atoms with van der Waals surface area (Å²) in [4.78, 5) is 23.8. The number of carboxylic acids is 1. The number of aromatic carboxylic acids is 1. The highest BCUT2D eigenvalue weighted by atomic mass is 16.6. The number of likely N-dealkylation sites (tertiary alicyclic amines) is 1. The molecule has 0 saturated carbocycles. The fourth-order valence-electron chi connectivity index (χ4n) is 2.72. The van der Waals surface area contributed by atoms with Crippen LogP contribution in [-0.2, 0) is 0 Å². The minimum Gasteiger partial charge on any atom is -0.492 e. The van der Waals surface area contributed by atoms with Gasteiger partial charge in [-0.2, -0.15) is 0 Å². The van der Waals surface area contributed by atoms with Gasteiger partial charge in [-0.3, -0.25) is 10.1 Å². The van der Waals surface area contributed by atoms with E-state index in [1.807, 2.05) is 0 Å². The van der Waals surface area contributed by atoms with Crippen LogP contribution < -0.4 is 4.74 Å². The first-order valence-electron chi connectivity index (χ1n) is 7.95. The van der Waals surface area contributed by atoms with Gasteiger partial charge in [0.1, 0.15) is 11.3 Å². The molecule has 7 nitrogen and oxygen atoms in total. The number of non-ortho nitro benzene ring substituents is 1. The van der Waals surface area contributed by atoms with Crippen LogP contribution in [0.25, 0.3) is 0 Å². The Balaban J connectivity index is 1.82. The fourth-order valence-corrected chi connectivity index (χ4v) is 2.72. The Labute approximate surface area is 135 Å². The number of rotatable bonds is 8. The van der Waals surface area contributed by atoms with Crippen molar-refractivity contribution in [2.24, 2.45) is 0 Å². The van der Waals surface area contributed by atoms with E-state index in [2.05, 4.69) is 4.90 Å². The lowest BCUT2D eigenvalue weighted by Crippen LogP contribution is -2.30. The number of piperidine rings is 1. The number of carbonyl (C=O) groups is 1. The summed E-state index contributed by atoms with van der Waals surface area (Å²) in [6, 6.07) is 3.56. The van der Waals surface area contributed by atoms with E-state index < -0.39 is 10.9 Å². The quantitative estimate of drug-likeness (QED) is 0.449. The van der Waals surface area contributed by atoms with Crippen molar-refractivity contribution in [2.75, 3.05) is 26.2 Å². The Morgan fingerprint density at radius 2 is 2.00 bits per heavy atom. The summed E-state index contributed by atoms with van der Waals surface area (Å²) >= 11 is 0. The number of hydrogen-bond donors (Lipinski definition) is 1. The van der Waals surface area contributed by atoms with Gasteiger partial charge in [0.2, 0.25) is 0 Å². The van der Waals surface area contributed by atoms with Gasteiger partial charge in [0.05, 0.1) is 17.6 Å². The first-order valence-corrected chi connectivity index (χ1v) is 7.95. The van der Waals surface area contributed by atoms with Gasteiger partial charge in [0.25, 0.3) is 5.69 Å². The normalized spacial score (nSPS) is 15.3. The average molecular weight is 322 g/mol. The zero-order valence-electron chi connectivity index (χ0n) is 13.1. The lowest BCUT2D eigenvalue weighted by atomic mass is 10.1. The third-order valence-corrected chi connectivity index (χ3v) is 3.98. The van der Waals surface area contributed by atoms with Crippen molar-refractivity contribution in [1.82, 2.24) is 4.90 Å². The zero-order chi connectivity index (χ0) is 16.7. The summed E-state index contributed by atoms with van der Waals surface area (Å²) in [5, 5.41) is 19.9. The molecule has 1 aromatic rings. The Kier molecular flexibility index (Phi) is 6.34. The number of nitro benzene ring substituents is 1. The summed E-state index contributed by atoms with van der Waals surface area (Å²) in [6.07, 6.45) is 5.58. The van der Waals surface area contributed by atoms with Gasteiger partial charge in [-0.05, 0) is 51.4 Å². The lowest BCUT2D eigenvalue weighted by Gasteiger charge is -2.26. The van der Waals surface area contributed by atoms with Crippen LogP contribution in [0.3, 0.4) is 0 Å². The summed E-state index contributed by atoms with van der Waals surface area (Å²) < 4.78 is 5.47. The second kappa shape index (κ2) is 8.47. The first kappa shape index (κ1) is 17.2. The molecule has 0 unspecified atom stereocenters. The SMILES string of the molecule is O=C(O)c1ccc([N+](=O)[O-])cc1OCCCCN1CCCCC1. The van der Waals surface area contributed by atoms with Gasteiger partial charge in [-0.15, -0.1) is 0 Å². The molecule has 0 aliphatic carbocycles. The van der Waals surface area contributed by atoms with Crippen LogP contribution in [0.2, 0.25) is 0 Å². The highest BCUT2D eigenvalue weighted by molar-refractivity contribution is 5.91. The predicted molar refractivity (Wildman–Crippen MR) is 85.1 cm³/mol. The molecule has 1 aliphatic heterocycles. The van der Waals surface area contributed by atoms with Crippen molar-refractivity contribution in [3.8, 4) is 5.75 Å². The molecule has 1 aliphatic rings. The number of benzene rings is 1. The summed E-state index contributed by atoms with van der Waals surface area (Å²) in [6.45, 7) is 3.67. The minimum absolute atomic E-state index is 0.0494. The van der Waals surface area contributed by atoms with Crippen molar-refractivity contribution in [3.63, 3.8) is 0 Å². The molecule has 0 bridgehead atoms. The summed E-state index contributed by atoms with van der Waals surface area (Å²) in [5.41, 5.74) is -0.218. The second-order valence-corrected chi connectivity index (χ2v) is 5.70. The van der Waals surface area contributed by atoms with Gasteiger partial charge in [0.15, 0.2) is 0 Å². The highest BCUT2D eigenvalue weighted by Gasteiger charge is 2.16. The molecule has 1 N–H and O–H groups in total. The highest BCUT2D eigenvalue weighted by Crippen LogP contribution is 2.25. The topological polar surface area (TPSA) is 92.9 Å². The standard InChI is InChI=1S/C16H22N2O5/c19-16(20)14-7-6-13(18(21)22)12-15(14)23-11-5-4-10-17-8-2-1-3-9-17/h6-7,12H,1-5,8-11H2,(H,19,20). The molecule has 23 heavy (non-hydrogen) atoms. The van der Waals surface area contributed by atoms with Crippen LogP contribution in [0.1, 0.15) is 42.5 Å². The molecule has 0 amide bonds. The maximum Gasteiger partial charge on any atom is 0.339 e. The Bertz CT molecular complexity index is 555. The Hall–Kier alpha value is -2.15. The van der Waals surface area contributed by atoms with E-state index in [1.165, 1.54) is 37.5 Å². The van der Waals surface area contributed by atoms with E-state index in [9.17, 15) is 14.9 Å². The lowest BCUT2D eigenvalue weighted by molar-refractivity contribution is -0.384. The van der Waals surface area contributed by atoms with E-state index in [-0.39, 0.29) is 17.0 Å². The van der Waals surface area contributed by atoms with E-state index >= 15 is 0 Å². The molecule has 2 rings (SSSR count). The van der Waals surface area contributed by atoms with E-state index in [0.29, 0.717) is 6.61 Å². The summed E-state index contributed by atoms with van der Waals surface area (Å²) in [7, 11) is 0. The number of hydrogen-bond acceptors (Lipinski definition) is 5. The summed E-state index contributed by atoms with van der Waals surface area (Å²) in [5.74, 6) is -1.09. The van der Waals surface area contributed by atoms with Crippen molar-refractivity contribution >= 4 is 11.7 Å². The molecule has 1 fully saturated rings. The van der Waals surface area contributed by atoms with Crippen molar-refractivity contribution in [2.45, 2.75) is 32.1 Å². The molecule has 1 saturated heterocycles. The third-order valence-electron chi connectivity index (χ3n) is 3.98. The maximum atomic E-state index is 11.1. The predicted octanol–water partition coefficient (Wildman–Crippen LogP) is 2.94. The number of ether oxygens (including phenoxy) is 1. The minimum atomic E-state index is -1.15. The molecule has 0 atom stereocenters. The van der Waals surface area contributed by atoms with Gasteiger partial charge in [-0.1, -0.05) is 6.42 Å². The molecule has 0 radical (unpaired) electrons. The molecule has 0 aromatic heterocycles. The average Bonchev–Trinajstić information content (AvgIpc) is 2.55. The molecule has 126 valence electrons. The largest absolute Gasteiger partial charge is 0.492 e. The zero-order valence-corrected chi connectivity index (χ0v) is 13.1. The van der Waals surface area contributed by atoms with Gasteiger partial charge in [-0.25, -0.2) is 4.79 Å². The van der Waals surface area contributed by atoms with Crippen LogP contribution in [0, 0.1) is 10.1 Å². The molecular weight excluding hydrogens is 300 g/mol. The van der Waals surface area contributed by atoms with Crippen LogP contribution in [0.4, 0.5) is 5.69 Å². The van der Waals surface area contributed by atoms with Crippen LogP contribution >= 0.6 is 0 Å². The Morgan fingerprint density at radius 1 is 1.26 bits per heavy atom. The number of nitrogens with zero attached hydrogens (tertiary/aromatic N) is 2. The van der Waals surface area contributed by atoms with Gasteiger partial charge in [0, 0.05) is 6.07 Å². The second-order valence-electron chi connectivity index (χ2n) is 5.70. The van der Waals surface area contributed by atoms with Gasteiger partial charge >= 0.3 is 5.97 Å². The molecule has 7 heteroatoms. The maximum absolute atomic E-state index is 11.1. The van der Waals surface area contributed by atoms with Crippen molar-refractivity contribution in [1.29, 1.82) is 0 Å². The number of carboxylic acid groups (broad SMARTS) is 1. The van der Waals surface area contributed by atoms with Crippen LogP contribution in [-0.4, -0.2) is 47.1 Å². The Morgan fingerprint density at radius 3 is 2.65 bits per heavy atom. The monoisotopic (exact) mass is 322 g/mol. The van der Waals surface area contributed by atoms with Gasteiger partial charge < -0.3 is 14.7 Å². The third kappa shape index (κ3) is 5.21. The first-order chi connectivity index (χ1) is 11.1. The van der Waals surface area contributed by atoms with Crippen molar-refractivity contribution < 1.29 is 19.6 Å². The fraction of sp³-hybridized carbons (Fsp3) is 0.562. The van der Waals surface area contributed by atoms with Crippen LogP contribution in [0.15, 0.2) is 18.2 Å². The molecular formula is C16H22N2O5. The molecule has 1 heterocycles. The van der Waals surface area contributed by atoms with E-state index in [4.69, 9.17) is 9.84 Å². The van der Waals surface area contributed by atoms with E-state index in [1.54, 1.807) is 0 Å². The smallest absolute Gasteiger partial charge is 0.339 e. The van der Waals surface area contributed by atoms with Crippen LogP contribution in [0.5, 0.6) is 5.75 Å².